The fourth-order valence-electron chi connectivity index (χ4n) is 2.16. The fourth-order valence-corrected chi connectivity index (χ4v) is 2.16. The third-order valence-corrected chi connectivity index (χ3v) is 3.32. The zero-order valence-electron chi connectivity index (χ0n) is 11.2. The van der Waals surface area contributed by atoms with Crippen molar-refractivity contribution in [1.82, 2.24) is 10.2 Å². The average Bonchev–Trinajstić information content (AvgIpc) is 2.56. The maximum atomic E-state index is 12.0. The Kier molecular flexibility index (Phi) is 5.62. The van der Waals surface area contributed by atoms with Gasteiger partial charge in [0.15, 0.2) is 0 Å². The van der Waals surface area contributed by atoms with Crippen molar-refractivity contribution in [3.8, 4) is 0 Å². The topological polar surface area (TPSA) is 49.4 Å². The first kappa shape index (κ1) is 14.2. The van der Waals surface area contributed by atoms with Crippen molar-refractivity contribution in [2.75, 3.05) is 19.6 Å². The number of carbonyl (C=O) groups is 2. The standard InChI is InChI=1S/C13H24N2O2/c1-4-14-7-5-6-8-15-12(16)9-11(10(2)3)13(15)17/h10-11,14H,4-9H2,1-3H3. The van der Waals surface area contributed by atoms with E-state index in [0.29, 0.717) is 13.0 Å². The van der Waals surface area contributed by atoms with E-state index in [9.17, 15) is 9.59 Å². The SMILES string of the molecule is CCNCCCCN1C(=O)CC(C(C)C)C1=O. The lowest BCUT2D eigenvalue weighted by Crippen LogP contribution is -2.32. The van der Waals surface area contributed by atoms with Crippen molar-refractivity contribution in [3.05, 3.63) is 0 Å². The lowest BCUT2D eigenvalue weighted by atomic mass is 9.94. The number of nitrogens with zero attached hydrogens (tertiary/aromatic N) is 1. The predicted molar refractivity (Wildman–Crippen MR) is 67.4 cm³/mol. The minimum atomic E-state index is -0.0868. The van der Waals surface area contributed by atoms with Crippen molar-refractivity contribution in [2.24, 2.45) is 11.8 Å². The Labute approximate surface area is 104 Å². The number of hydrogen-bond donors (Lipinski definition) is 1. The minimum Gasteiger partial charge on any atom is -0.317 e. The predicted octanol–water partition coefficient (Wildman–Crippen LogP) is 1.41. The first-order valence-corrected chi connectivity index (χ1v) is 6.62. The molecule has 0 saturated carbocycles. The number of rotatable bonds is 7. The van der Waals surface area contributed by atoms with Gasteiger partial charge in [0.25, 0.3) is 0 Å². The monoisotopic (exact) mass is 240 g/mol. The number of carbonyl (C=O) groups excluding carboxylic acids is 2. The summed E-state index contributed by atoms with van der Waals surface area (Å²) in [5.41, 5.74) is 0. The van der Waals surface area contributed by atoms with Crippen LogP contribution in [-0.2, 0) is 9.59 Å². The van der Waals surface area contributed by atoms with Gasteiger partial charge in [0, 0.05) is 18.9 Å². The van der Waals surface area contributed by atoms with Gasteiger partial charge >= 0.3 is 0 Å². The van der Waals surface area contributed by atoms with Crippen LogP contribution >= 0.6 is 0 Å². The van der Waals surface area contributed by atoms with Crippen LogP contribution in [0.25, 0.3) is 0 Å². The van der Waals surface area contributed by atoms with E-state index in [-0.39, 0.29) is 23.7 Å². The van der Waals surface area contributed by atoms with Crippen LogP contribution in [0.5, 0.6) is 0 Å². The van der Waals surface area contributed by atoms with E-state index in [4.69, 9.17) is 0 Å². The Morgan fingerprint density at radius 2 is 2.06 bits per heavy atom. The minimum absolute atomic E-state index is 0.0113. The molecule has 1 N–H and O–H groups in total. The maximum Gasteiger partial charge on any atom is 0.233 e. The summed E-state index contributed by atoms with van der Waals surface area (Å²) in [6.07, 6.45) is 2.32. The Morgan fingerprint density at radius 3 is 2.59 bits per heavy atom. The van der Waals surface area contributed by atoms with E-state index in [1.165, 1.54) is 4.90 Å². The van der Waals surface area contributed by atoms with Crippen molar-refractivity contribution in [3.63, 3.8) is 0 Å². The lowest BCUT2D eigenvalue weighted by Gasteiger charge is -2.16. The maximum absolute atomic E-state index is 12.0. The molecule has 0 aromatic rings. The normalized spacial score (nSPS) is 20.7. The molecule has 1 fully saturated rings. The molecule has 1 saturated heterocycles. The van der Waals surface area contributed by atoms with Crippen LogP contribution < -0.4 is 5.32 Å². The third-order valence-electron chi connectivity index (χ3n) is 3.32. The molecule has 4 heteroatoms. The van der Waals surface area contributed by atoms with Crippen LogP contribution in [0.4, 0.5) is 0 Å². The summed E-state index contributed by atoms with van der Waals surface area (Å²) in [4.78, 5) is 25.1. The van der Waals surface area contributed by atoms with Gasteiger partial charge in [0.2, 0.25) is 11.8 Å². The molecule has 17 heavy (non-hydrogen) atoms. The zero-order chi connectivity index (χ0) is 12.8. The highest BCUT2D eigenvalue weighted by Gasteiger charge is 2.39. The van der Waals surface area contributed by atoms with Crippen molar-refractivity contribution < 1.29 is 9.59 Å². The first-order chi connectivity index (χ1) is 8.07. The van der Waals surface area contributed by atoms with E-state index in [0.717, 1.165) is 25.9 Å². The lowest BCUT2D eigenvalue weighted by molar-refractivity contribution is -0.139. The smallest absolute Gasteiger partial charge is 0.233 e. The number of unbranched alkanes of at least 4 members (excludes halogenated alkanes) is 1. The summed E-state index contributed by atoms with van der Waals surface area (Å²) in [7, 11) is 0. The van der Waals surface area contributed by atoms with Gasteiger partial charge in [-0.2, -0.15) is 0 Å². The highest BCUT2D eigenvalue weighted by atomic mass is 16.2. The van der Waals surface area contributed by atoms with E-state index in [2.05, 4.69) is 12.2 Å². The molecule has 0 spiro atoms. The molecule has 1 heterocycles. The highest BCUT2D eigenvalue weighted by molar-refractivity contribution is 6.03. The summed E-state index contributed by atoms with van der Waals surface area (Å²) in [5.74, 6) is 0.222. The van der Waals surface area contributed by atoms with Crippen LogP contribution in [0, 0.1) is 11.8 Å². The van der Waals surface area contributed by atoms with Gasteiger partial charge in [0.1, 0.15) is 0 Å². The second kappa shape index (κ2) is 6.74. The molecule has 1 aliphatic rings. The zero-order valence-corrected chi connectivity index (χ0v) is 11.2. The second-order valence-corrected chi connectivity index (χ2v) is 5.00. The van der Waals surface area contributed by atoms with E-state index in [1.54, 1.807) is 0 Å². The van der Waals surface area contributed by atoms with Crippen LogP contribution in [0.3, 0.4) is 0 Å². The second-order valence-electron chi connectivity index (χ2n) is 5.00. The summed E-state index contributed by atoms with van der Waals surface area (Å²) >= 11 is 0. The Hall–Kier alpha value is -0.900. The summed E-state index contributed by atoms with van der Waals surface area (Å²) in [5, 5.41) is 3.23. The van der Waals surface area contributed by atoms with E-state index in [1.807, 2.05) is 13.8 Å². The molecule has 0 aromatic heterocycles. The van der Waals surface area contributed by atoms with E-state index >= 15 is 0 Å². The summed E-state index contributed by atoms with van der Waals surface area (Å²) in [6, 6.07) is 0. The molecular formula is C13H24N2O2. The Morgan fingerprint density at radius 1 is 1.35 bits per heavy atom. The largest absolute Gasteiger partial charge is 0.317 e. The molecule has 1 atom stereocenters. The van der Waals surface area contributed by atoms with Gasteiger partial charge in [-0.3, -0.25) is 14.5 Å². The molecule has 0 radical (unpaired) electrons. The molecule has 4 nitrogen and oxygen atoms in total. The van der Waals surface area contributed by atoms with Crippen LogP contribution in [0.15, 0.2) is 0 Å². The van der Waals surface area contributed by atoms with Gasteiger partial charge < -0.3 is 5.32 Å². The van der Waals surface area contributed by atoms with Gasteiger partial charge in [-0.05, 0) is 31.8 Å². The molecule has 0 aliphatic carbocycles. The van der Waals surface area contributed by atoms with Gasteiger partial charge in [-0.15, -0.1) is 0 Å². The molecule has 0 aromatic carbocycles. The number of imide groups is 1. The number of nitrogens with one attached hydrogen (secondary N) is 1. The van der Waals surface area contributed by atoms with Gasteiger partial charge in [0.05, 0.1) is 0 Å². The molecule has 98 valence electrons. The van der Waals surface area contributed by atoms with Gasteiger partial charge in [-0.1, -0.05) is 20.8 Å². The number of hydrogen-bond acceptors (Lipinski definition) is 3. The fraction of sp³-hybridized carbons (Fsp3) is 0.846. The molecule has 0 bridgehead atoms. The quantitative estimate of drug-likeness (QED) is 0.540. The molecule has 2 amide bonds. The summed E-state index contributed by atoms with van der Waals surface area (Å²) in [6.45, 7) is 8.60. The molecule has 1 aliphatic heterocycles. The molecular weight excluding hydrogens is 216 g/mol. The molecule has 1 unspecified atom stereocenters. The Bertz CT molecular complexity index is 277. The number of amides is 2. The van der Waals surface area contributed by atoms with Gasteiger partial charge in [-0.25, -0.2) is 0 Å². The summed E-state index contributed by atoms with van der Waals surface area (Å²) < 4.78 is 0. The van der Waals surface area contributed by atoms with Crippen LogP contribution in [0.2, 0.25) is 0 Å². The average molecular weight is 240 g/mol. The Balaban J connectivity index is 2.33. The number of likely N-dealkylation sites (tertiary alicyclic amines) is 1. The van der Waals surface area contributed by atoms with Crippen molar-refractivity contribution in [2.45, 2.75) is 40.0 Å². The van der Waals surface area contributed by atoms with Crippen LogP contribution in [-0.4, -0.2) is 36.3 Å². The first-order valence-electron chi connectivity index (χ1n) is 6.62. The third kappa shape index (κ3) is 3.80. The highest BCUT2D eigenvalue weighted by Crippen LogP contribution is 2.26. The van der Waals surface area contributed by atoms with Crippen molar-refractivity contribution >= 4 is 11.8 Å². The molecule has 1 rings (SSSR count). The van der Waals surface area contributed by atoms with Crippen molar-refractivity contribution in [1.29, 1.82) is 0 Å². The van der Waals surface area contributed by atoms with Crippen LogP contribution in [0.1, 0.15) is 40.0 Å². The van der Waals surface area contributed by atoms with E-state index < -0.39 is 0 Å².